The molecule has 1 atom stereocenters. The Hall–Kier alpha value is -1.50. The molecule has 0 aliphatic rings. The molecule has 4 nitrogen and oxygen atoms in total. The van der Waals surface area contributed by atoms with Crippen molar-refractivity contribution in [3.05, 3.63) is 41.8 Å². The van der Waals surface area contributed by atoms with Crippen molar-refractivity contribution >= 4 is 11.1 Å². The maximum atomic E-state index is 13.7. The lowest BCUT2D eigenvalue weighted by atomic mass is 10.1. The number of H-pyrrole nitrogens is 1. The van der Waals surface area contributed by atoms with Crippen molar-refractivity contribution in [1.29, 1.82) is 0 Å². The summed E-state index contributed by atoms with van der Waals surface area (Å²) in [4.78, 5) is 2.84. The van der Waals surface area contributed by atoms with Gasteiger partial charge in [-0.15, -0.1) is 0 Å². The summed E-state index contributed by atoms with van der Waals surface area (Å²) >= 11 is -2.33. The van der Waals surface area contributed by atoms with Gasteiger partial charge in [-0.05, 0) is 34.8 Å². The zero-order valence-corrected chi connectivity index (χ0v) is 10.4. The molecule has 2 rings (SSSR count). The Morgan fingerprint density at radius 3 is 2.83 bits per heavy atom. The second-order valence-corrected chi connectivity index (χ2v) is 4.67. The van der Waals surface area contributed by atoms with Crippen molar-refractivity contribution in [2.45, 2.75) is 11.5 Å². The van der Waals surface area contributed by atoms with Gasteiger partial charge in [-0.25, -0.2) is 4.39 Å². The molecule has 0 fully saturated rings. The van der Waals surface area contributed by atoms with E-state index in [1.165, 1.54) is 18.3 Å². The number of hydrogen-bond acceptors (Lipinski definition) is 3. The monoisotopic (exact) mass is 268 g/mol. The molecule has 1 N–H and O–H groups in total. The van der Waals surface area contributed by atoms with Crippen LogP contribution in [0, 0.1) is 5.82 Å². The van der Waals surface area contributed by atoms with Crippen LogP contribution in [0.25, 0.3) is 11.3 Å². The van der Waals surface area contributed by atoms with E-state index in [4.69, 9.17) is 4.74 Å². The van der Waals surface area contributed by atoms with Gasteiger partial charge in [0.1, 0.15) is 5.82 Å². The Labute approximate surface area is 106 Å². The smallest absolute Gasteiger partial charge is 0.132 e. The first-order valence-electron chi connectivity index (χ1n) is 5.17. The van der Waals surface area contributed by atoms with Gasteiger partial charge in [0.2, 0.25) is 0 Å². The van der Waals surface area contributed by atoms with Crippen LogP contribution in [-0.2, 0) is 22.4 Å². The zero-order chi connectivity index (χ0) is 13.1. The Morgan fingerprint density at radius 1 is 1.44 bits per heavy atom. The van der Waals surface area contributed by atoms with Crippen LogP contribution >= 0.6 is 0 Å². The minimum absolute atomic E-state index is 0.0987. The van der Waals surface area contributed by atoms with E-state index in [0.29, 0.717) is 17.9 Å². The summed E-state index contributed by atoms with van der Waals surface area (Å²) in [5, 5.41) is 0. The van der Waals surface area contributed by atoms with Gasteiger partial charge < -0.3 is 14.3 Å². The molecule has 6 heteroatoms. The average Bonchev–Trinajstić information content (AvgIpc) is 2.81. The normalized spacial score (nSPS) is 12.6. The van der Waals surface area contributed by atoms with Crippen LogP contribution in [0.4, 0.5) is 4.39 Å². The van der Waals surface area contributed by atoms with Gasteiger partial charge in [-0.2, -0.15) is 0 Å². The maximum absolute atomic E-state index is 13.7. The molecular formula is C12H11FNO3S-. The highest BCUT2D eigenvalue weighted by Gasteiger charge is 2.09. The molecule has 0 saturated heterocycles. The molecule has 0 bridgehead atoms. The quantitative estimate of drug-likeness (QED) is 0.864. The van der Waals surface area contributed by atoms with Crippen LogP contribution in [0.2, 0.25) is 0 Å². The summed E-state index contributed by atoms with van der Waals surface area (Å²) in [7, 11) is 1.55. The highest BCUT2D eigenvalue weighted by molar-refractivity contribution is 7.79. The fraction of sp³-hybridized carbons (Fsp3) is 0.167. The fourth-order valence-electron chi connectivity index (χ4n) is 1.66. The molecule has 18 heavy (non-hydrogen) atoms. The minimum atomic E-state index is -2.33. The minimum Gasteiger partial charge on any atom is -0.768 e. The number of rotatable bonds is 4. The molecule has 0 amide bonds. The van der Waals surface area contributed by atoms with Crippen LogP contribution in [0.3, 0.4) is 0 Å². The van der Waals surface area contributed by atoms with Crippen LogP contribution < -0.4 is 0 Å². The Kier molecular flexibility index (Phi) is 3.90. The summed E-state index contributed by atoms with van der Waals surface area (Å²) in [5.74, 6) is -0.417. The molecule has 96 valence electrons. The van der Waals surface area contributed by atoms with Crippen LogP contribution in [0.1, 0.15) is 5.56 Å². The van der Waals surface area contributed by atoms with Crippen molar-refractivity contribution in [3.8, 4) is 11.3 Å². The van der Waals surface area contributed by atoms with E-state index in [1.54, 1.807) is 19.2 Å². The van der Waals surface area contributed by atoms with Crippen molar-refractivity contribution < 1.29 is 17.9 Å². The van der Waals surface area contributed by atoms with Crippen LogP contribution in [-0.4, -0.2) is 20.9 Å². The molecule has 1 unspecified atom stereocenters. The third-order valence-corrected chi connectivity index (χ3v) is 3.10. The number of aromatic amines is 1. The SMILES string of the molecule is COCc1ccc(F)c(-c2cc(S(=O)[O-])c[nH]2)c1. The standard InChI is InChI=1S/C12H12FNO3S/c1-17-7-8-2-3-11(13)10(4-8)12-5-9(6-14-12)18(15)16/h2-6,14H,7H2,1H3,(H,15,16)/p-1. The van der Waals surface area contributed by atoms with Crippen molar-refractivity contribution in [2.75, 3.05) is 7.11 Å². The predicted molar refractivity (Wildman–Crippen MR) is 64.1 cm³/mol. The number of benzene rings is 1. The number of aromatic nitrogens is 1. The zero-order valence-electron chi connectivity index (χ0n) is 9.60. The number of halogens is 1. The van der Waals surface area contributed by atoms with Gasteiger partial charge >= 0.3 is 0 Å². The lowest BCUT2D eigenvalue weighted by Crippen LogP contribution is -1.91. The second kappa shape index (κ2) is 5.43. The highest BCUT2D eigenvalue weighted by atomic mass is 32.2. The topological polar surface area (TPSA) is 65.2 Å². The first-order valence-corrected chi connectivity index (χ1v) is 6.24. The molecule has 0 spiro atoms. The largest absolute Gasteiger partial charge is 0.768 e. The van der Waals surface area contributed by atoms with Crippen LogP contribution in [0.5, 0.6) is 0 Å². The van der Waals surface area contributed by atoms with E-state index < -0.39 is 16.9 Å². The van der Waals surface area contributed by atoms with Crippen molar-refractivity contribution in [1.82, 2.24) is 4.98 Å². The summed E-state index contributed by atoms with van der Waals surface area (Å²) in [5.41, 5.74) is 1.55. The molecule has 0 aliphatic carbocycles. The molecule has 2 aromatic rings. The predicted octanol–water partition coefficient (Wildman–Crippen LogP) is 2.21. The molecule has 0 aliphatic heterocycles. The van der Waals surface area contributed by atoms with E-state index in [2.05, 4.69) is 4.98 Å². The molecule has 1 aromatic carbocycles. The number of ether oxygens (including phenoxy) is 1. The average molecular weight is 268 g/mol. The van der Waals surface area contributed by atoms with Gasteiger partial charge in [0.05, 0.1) is 6.61 Å². The van der Waals surface area contributed by atoms with Gasteiger partial charge in [0.15, 0.2) is 0 Å². The summed E-state index contributed by atoms with van der Waals surface area (Å²) in [6.07, 6.45) is 1.32. The fourth-order valence-corrected chi connectivity index (χ4v) is 2.03. The number of hydrogen-bond donors (Lipinski definition) is 1. The molecule has 1 aromatic heterocycles. The van der Waals surface area contributed by atoms with Gasteiger partial charge in [0.25, 0.3) is 0 Å². The van der Waals surface area contributed by atoms with E-state index in [1.807, 2.05) is 0 Å². The molecule has 0 radical (unpaired) electrons. The molecular weight excluding hydrogens is 257 g/mol. The van der Waals surface area contributed by atoms with E-state index in [0.717, 1.165) is 5.56 Å². The summed E-state index contributed by atoms with van der Waals surface area (Å²) < 4.78 is 40.2. The third-order valence-electron chi connectivity index (χ3n) is 2.48. The Morgan fingerprint density at radius 2 is 2.22 bits per heavy atom. The first kappa shape index (κ1) is 12.9. The van der Waals surface area contributed by atoms with Crippen molar-refractivity contribution in [3.63, 3.8) is 0 Å². The van der Waals surface area contributed by atoms with Crippen LogP contribution in [0.15, 0.2) is 35.4 Å². The highest BCUT2D eigenvalue weighted by Crippen LogP contribution is 2.24. The number of methoxy groups -OCH3 is 1. The lowest BCUT2D eigenvalue weighted by Gasteiger charge is -2.05. The number of nitrogens with one attached hydrogen (secondary N) is 1. The van der Waals surface area contributed by atoms with E-state index in [9.17, 15) is 13.2 Å². The van der Waals surface area contributed by atoms with E-state index in [-0.39, 0.29) is 4.90 Å². The first-order chi connectivity index (χ1) is 8.61. The Balaban J connectivity index is 2.41. The second-order valence-electron chi connectivity index (χ2n) is 3.73. The summed E-state index contributed by atoms with van der Waals surface area (Å²) in [6.45, 7) is 0.369. The Bertz CT molecular complexity index is 582. The maximum Gasteiger partial charge on any atom is 0.132 e. The molecule has 0 saturated carbocycles. The summed E-state index contributed by atoms with van der Waals surface area (Å²) in [6, 6.07) is 5.97. The lowest BCUT2D eigenvalue weighted by molar-refractivity contribution is 0.185. The van der Waals surface area contributed by atoms with E-state index >= 15 is 0 Å². The van der Waals surface area contributed by atoms with Gasteiger partial charge in [-0.3, -0.25) is 4.21 Å². The van der Waals surface area contributed by atoms with Crippen molar-refractivity contribution in [2.24, 2.45) is 0 Å². The third kappa shape index (κ3) is 2.66. The van der Waals surface area contributed by atoms with Gasteiger partial charge in [0, 0.05) is 29.5 Å². The molecule has 1 heterocycles. The van der Waals surface area contributed by atoms with Gasteiger partial charge in [-0.1, -0.05) is 6.07 Å².